The number of carbonyl (C=O) groups excluding carboxylic acids is 5. The van der Waals surface area contributed by atoms with Crippen molar-refractivity contribution in [2.45, 2.75) is 117 Å². The Bertz CT molecular complexity index is 1090. The molecule has 4 aliphatic rings. The zero-order valence-corrected chi connectivity index (χ0v) is 26.7. The zero-order valence-electron chi connectivity index (χ0n) is 26.7. The van der Waals surface area contributed by atoms with Crippen LogP contribution >= 0.6 is 0 Å². The van der Waals surface area contributed by atoms with Crippen molar-refractivity contribution in [2.75, 3.05) is 13.1 Å². The van der Waals surface area contributed by atoms with Crippen molar-refractivity contribution in [3.05, 3.63) is 12.7 Å². The molecule has 8 atom stereocenters. The van der Waals surface area contributed by atoms with Gasteiger partial charge in [-0.1, -0.05) is 66.4 Å². The van der Waals surface area contributed by atoms with E-state index in [1.165, 1.54) is 6.08 Å². The van der Waals surface area contributed by atoms with Gasteiger partial charge in [-0.25, -0.2) is 4.79 Å². The lowest BCUT2D eigenvalue weighted by Gasteiger charge is -2.37. The third-order valence-corrected chi connectivity index (χ3v) is 10.6. The zero-order chi connectivity index (χ0) is 31.5. The molecule has 4 unspecified atom stereocenters. The number of hydrogen-bond acceptors (Lipinski definition) is 6. The monoisotopic (exact) mass is 600 g/mol. The van der Waals surface area contributed by atoms with Crippen LogP contribution in [0.2, 0.25) is 0 Å². The van der Waals surface area contributed by atoms with E-state index in [-0.39, 0.29) is 47.6 Å². The van der Waals surface area contributed by atoms with Crippen LogP contribution in [0.1, 0.15) is 92.4 Å². The first kappa shape index (κ1) is 33.0. The van der Waals surface area contributed by atoms with Crippen molar-refractivity contribution < 1.29 is 28.7 Å². The molecular weight excluding hydrogens is 548 g/mol. The van der Waals surface area contributed by atoms with Gasteiger partial charge in [0.25, 0.3) is 5.91 Å². The van der Waals surface area contributed by atoms with Gasteiger partial charge in [-0.15, -0.1) is 6.58 Å². The third-order valence-electron chi connectivity index (χ3n) is 10.6. The number of alkyl carbamates (subject to hydrolysis) is 1. The summed E-state index contributed by atoms with van der Waals surface area (Å²) in [6.45, 7) is 14.4. The molecule has 240 valence electrons. The molecular formula is C33H52N4O6. The Morgan fingerprint density at radius 1 is 1.05 bits per heavy atom. The molecule has 3 saturated carbocycles. The van der Waals surface area contributed by atoms with Crippen LogP contribution < -0.4 is 16.0 Å². The van der Waals surface area contributed by atoms with Crippen LogP contribution in [-0.4, -0.2) is 71.8 Å². The van der Waals surface area contributed by atoms with Crippen molar-refractivity contribution in [1.29, 1.82) is 0 Å². The van der Waals surface area contributed by atoms with E-state index in [2.05, 4.69) is 50.2 Å². The maximum Gasteiger partial charge on any atom is 0.408 e. The van der Waals surface area contributed by atoms with Gasteiger partial charge in [-0.2, -0.15) is 0 Å². The third kappa shape index (κ3) is 7.26. The maximum absolute atomic E-state index is 14.3. The fraction of sp³-hybridized carbons (Fsp3) is 0.788. The molecule has 1 saturated heterocycles. The van der Waals surface area contributed by atoms with E-state index in [0.717, 1.165) is 44.9 Å². The second-order valence-electron chi connectivity index (χ2n) is 14.1. The highest BCUT2D eigenvalue weighted by Gasteiger charge is 2.69. The number of ether oxygens (including phenoxy) is 1. The average Bonchev–Trinajstić information content (AvgIpc) is 3.26. The lowest BCUT2D eigenvalue weighted by Crippen LogP contribution is -2.59. The Kier molecular flexibility index (Phi) is 10.6. The molecule has 1 aliphatic heterocycles. The van der Waals surface area contributed by atoms with Crippen LogP contribution in [0.15, 0.2) is 12.7 Å². The Labute approximate surface area is 256 Å². The number of rotatable bonds is 12. The first-order chi connectivity index (χ1) is 20.4. The molecule has 3 aliphatic carbocycles. The van der Waals surface area contributed by atoms with E-state index in [1.54, 1.807) is 4.90 Å². The van der Waals surface area contributed by atoms with E-state index in [1.807, 2.05) is 6.92 Å². The highest BCUT2D eigenvalue weighted by Crippen LogP contribution is 2.65. The number of carbonyl (C=O) groups is 5. The molecule has 0 radical (unpaired) electrons. The second-order valence-corrected chi connectivity index (χ2v) is 14.1. The van der Waals surface area contributed by atoms with Gasteiger partial charge in [-0.3, -0.25) is 19.2 Å². The first-order valence-corrected chi connectivity index (χ1v) is 16.4. The molecule has 1 heterocycles. The Balaban J connectivity index is 1.52. The number of fused-ring (bicyclic) bond motifs is 1. The van der Waals surface area contributed by atoms with Crippen molar-refractivity contribution in [3.8, 4) is 0 Å². The summed E-state index contributed by atoms with van der Waals surface area (Å²) in [6.07, 6.45) is 8.16. The summed E-state index contributed by atoms with van der Waals surface area (Å²) in [5, 5.41) is 8.28. The van der Waals surface area contributed by atoms with Gasteiger partial charge < -0.3 is 25.6 Å². The van der Waals surface area contributed by atoms with Gasteiger partial charge in [0.05, 0.1) is 6.04 Å². The summed E-state index contributed by atoms with van der Waals surface area (Å²) in [5.41, 5.74) is -0.133. The highest BCUT2D eigenvalue weighted by molar-refractivity contribution is 6.38. The van der Waals surface area contributed by atoms with Crippen molar-refractivity contribution in [2.24, 2.45) is 35.0 Å². The van der Waals surface area contributed by atoms with E-state index in [4.69, 9.17) is 4.74 Å². The predicted octanol–water partition coefficient (Wildman–Crippen LogP) is 3.74. The predicted molar refractivity (Wildman–Crippen MR) is 163 cm³/mol. The number of nitrogens with zero attached hydrogens (tertiary/aromatic N) is 1. The second kappa shape index (κ2) is 13.8. The molecule has 4 fully saturated rings. The van der Waals surface area contributed by atoms with E-state index < -0.39 is 41.8 Å². The lowest BCUT2D eigenvalue weighted by molar-refractivity contribution is -0.145. The summed E-state index contributed by atoms with van der Waals surface area (Å²) in [5.74, 6) is -1.37. The van der Waals surface area contributed by atoms with E-state index in [9.17, 15) is 24.0 Å². The van der Waals surface area contributed by atoms with Gasteiger partial charge in [-0.05, 0) is 67.1 Å². The molecule has 4 amide bonds. The SMILES string of the molecule is C=CCNC(=O)C(=O)C(CCC)NC(=O)[C@@H]1[C@@H]2[C@H](CN1C(=O)[C@@H](NC(=O)OC1CC(C)CC1C)C1CCCCC1)C2(C)C. The molecule has 10 nitrogen and oxygen atoms in total. The minimum atomic E-state index is -0.988. The summed E-state index contributed by atoms with van der Waals surface area (Å²) < 4.78 is 5.84. The average molecular weight is 601 g/mol. The maximum atomic E-state index is 14.3. The molecule has 0 aromatic carbocycles. The number of amides is 4. The van der Waals surface area contributed by atoms with Gasteiger partial charge in [0.15, 0.2) is 0 Å². The molecule has 43 heavy (non-hydrogen) atoms. The van der Waals surface area contributed by atoms with E-state index >= 15 is 0 Å². The van der Waals surface area contributed by atoms with Crippen LogP contribution in [0.25, 0.3) is 0 Å². The Morgan fingerprint density at radius 3 is 2.35 bits per heavy atom. The standard InChI is InChI=1S/C33H52N4O6/c1-7-12-23(28(38)30(40)34-15-8-2)35-29(39)27-25-22(33(25,5)6)18-37(27)31(41)26(21-13-10-9-11-14-21)36-32(42)43-24-17-19(3)16-20(24)4/h8,19-27H,2,7,9-18H2,1,3-6H3,(H,34,40)(H,35,39)(H,36,42)/t19?,20?,22-,23?,24?,25-,26-,27-/m0/s1. The van der Waals surface area contributed by atoms with Crippen LogP contribution in [0.5, 0.6) is 0 Å². The van der Waals surface area contributed by atoms with Crippen LogP contribution in [-0.2, 0) is 23.9 Å². The number of nitrogens with one attached hydrogen (secondary N) is 3. The van der Waals surface area contributed by atoms with Crippen LogP contribution in [0, 0.1) is 35.0 Å². The summed E-state index contributed by atoms with van der Waals surface area (Å²) in [6, 6.07) is -2.55. The topological polar surface area (TPSA) is 134 Å². The first-order valence-electron chi connectivity index (χ1n) is 16.4. The molecule has 10 heteroatoms. The molecule has 4 rings (SSSR count). The largest absolute Gasteiger partial charge is 0.446 e. The lowest BCUT2D eigenvalue weighted by atomic mass is 9.83. The van der Waals surface area contributed by atoms with Crippen molar-refractivity contribution in [3.63, 3.8) is 0 Å². The number of Topliss-reactive ketones (excluding diaryl/α,β-unsaturated/α-hetero) is 1. The van der Waals surface area contributed by atoms with Crippen molar-refractivity contribution in [1.82, 2.24) is 20.9 Å². The van der Waals surface area contributed by atoms with Gasteiger partial charge in [0, 0.05) is 13.1 Å². The van der Waals surface area contributed by atoms with Gasteiger partial charge in [0.1, 0.15) is 18.2 Å². The van der Waals surface area contributed by atoms with Gasteiger partial charge >= 0.3 is 6.09 Å². The minimum Gasteiger partial charge on any atom is -0.446 e. The van der Waals surface area contributed by atoms with Gasteiger partial charge in [0.2, 0.25) is 17.6 Å². The smallest absolute Gasteiger partial charge is 0.408 e. The van der Waals surface area contributed by atoms with E-state index in [0.29, 0.717) is 25.3 Å². The molecule has 3 N–H and O–H groups in total. The van der Waals surface area contributed by atoms with Crippen molar-refractivity contribution >= 4 is 29.6 Å². The Hall–Kier alpha value is -2.91. The quantitative estimate of drug-likeness (QED) is 0.231. The molecule has 0 spiro atoms. The summed E-state index contributed by atoms with van der Waals surface area (Å²) in [7, 11) is 0. The molecule has 0 aromatic rings. The molecule has 0 bridgehead atoms. The number of ketones is 1. The number of piperidine rings is 1. The number of likely N-dealkylation sites (tertiary alicyclic amines) is 1. The van der Waals surface area contributed by atoms with Crippen LogP contribution in [0.4, 0.5) is 4.79 Å². The van der Waals surface area contributed by atoms with Crippen LogP contribution in [0.3, 0.4) is 0 Å². The fourth-order valence-corrected chi connectivity index (χ4v) is 8.04. The Morgan fingerprint density at radius 2 is 1.74 bits per heavy atom. The summed E-state index contributed by atoms with van der Waals surface area (Å²) in [4.78, 5) is 68.4. The molecule has 0 aromatic heterocycles. The highest BCUT2D eigenvalue weighted by atomic mass is 16.6. The minimum absolute atomic E-state index is 0.0367. The summed E-state index contributed by atoms with van der Waals surface area (Å²) >= 11 is 0. The number of hydrogen-bond donors (Lipinski definition) is 3. The normalized spacial score (nSPS) is 30.9. The fourth-order valence-electron chi connectivity index (χ4n) is 8.04.